The average molecular weight is 757 g/mol. The molecular weight excluding hydrogens is 713 g/mol. The van der Waals surface area contributed by atoms with E-state index in [0.29, 0.717) is 23.7 Å². The van der Waals surface area contributed by atoms with Gasteiger partial charge in [0.2, 0.25) is 11.8 Å². The summed E-state index contributed by atoms with van der Waals surface area (Å²) in [6.45, 7) is 6.90. The molecular formula is C38H43Cl2N3O7S. The summed E-state index contributed by atoms with van der Waals surface area (Å²) in [5, 5.41) is 3.58. The number of nitrogens with zero attached hydrogens (tertiary/aromatic N) is 2. The number of carbonyl (C=O) groups excluding carboxylic acids is 2. The average Bonchev–Trinajstić information content (AvgIpc) is 3.09. The Kier molecular flexibility index (Phi) is 13.2. The van der Waals surface area contributed by atoms with Gasteiger partial charge >= 0.3 is 0 Å². The van der Waals surface area contributed by atoms with Crippen molar-refractivity contribution in [2.75, 3.05) is 31.7 Å². The van der Waals surface area contributed by atoms with Crippen molar-refractivity contribution < 1.29 is 32.2 Å². The van der Waals surface area contributed by atoms with Gasteiger partial charge in [-0.2, -0.15) is 0 Å². The van der Waals surface area contributed by atoms with Crippen LogP contribution in [0.4, 0.5) is 5.69 Å². The first kappa shape index (κ1) is 39.3. The second-order valence-corrected chi connectivity index (χ2v) is 15.3. The van der Waals surface area contributed by atoms with E-state index < -0.39 is 40.0 Å². The fraction of sp³-hybridized carbons (Fsp3) is 0.316. The molecule has 13 heteroatoms. The fourth-order valence-electron chi connectivity index (χ4n) is 5.37. The van der Waals surface area contributed by atoms with Crippen LogP contribution in [0.2, 0.25) is 10.0 Å². The number of carbonyl (C=O) groups is 2. The van der Waals surface area contributed by atoms with Crippen LogP contribution in [0.15, 0.2) is 95.9 Å². The molecule has 2 amide bonds. The number of rotatable bonds is 15. The first-order chi connectivity index (χ1) is 24.2. The molecule has 0 saturated heterocycles. The van der Waals surface area contributed by atoms with E-state index >= 15 is 0 Å². The zero-order chi connectivity index (χ0) is 37.3. The molecule has 4 aromatic carbocycles. The predicted octanol–water partition coefficient (Wildman–Crippen LogP) is 7.16. The summed E-state index contributed by atoms with van der Waals surface area (Å²) >= 11 is 13.2. The van der Waals surface area contributed by atoms with Crippen molar-refractivity contribution in [3.8, 4) is 17.2 Å². The molecule has 0 aliphatic rings. The Morgan fingerprint density at radius 1 is 0.843 bits per heavy atom. The maximum atomic E-state index is 14.8. The first-order valence-electron chi connectivity index (χ1n) is 16.2. The third-order valence-electron chi connectivity index (χ3n) is 7.82. The van der Waals surface area contributed by atoms with Crippen LogP contribution in [0, 0.1) is 0 Å². The second kappa shape index (κ2) is 17.2. The Balaban J connectivity index is 1.88. The van der Waals surface area contributed by atoms with Gasteiger partial charge in [0.1, 0.15) is 18.3 Å². The van der Waals surface area contributed by atoms with Crippen molar-refractivity contribution >= 4 is 50.7 Å². The number of hydrogen-bond donors (Lipinski definition) is 1. The summed E-state index contributed by atoms with van der Waals surface area (Å²) in [5.74, 6) is -0.0650. The molecule has 10 nitrogen and oxygen atoms in total. The van der Waals surface area contributed by atoms with E-state index in [1.54, 1.807) is 42.5 Å². The van der Waals surface area contributed by atoms with Gasteiger partial charge in [-0.1, -0.05) is 59.6 Å². The number of methoxy groups -OCH3 is 2. The van der Waals surface area contributed by atoms with Crippen LogP contribution in [0.5, 0.6) is 17.2 Å². The monoisotopic (exact) mass is 755 g/mol. The fourth-order valence-corrected chi connectivity index (χ4v) is 7.32. The lowest BCUT2D eigenvalue weighted by Gasteiger charge is -2.35. The molecule has 0 spiro atoms. The van der Waals surface area contributed by atoms with Crippen LogP contribution in [0.3, 0.4) is 0 Å². The number of hydrogen-bond acceptors (Lipinski definition) is 7. The third kappa shape index (κ3) is 10.1. The first-order valence-corrected chi connectivity index (χ1v) is 18.4. The van der Waals surface area contributed by atoms with Crippen molar-refractivity contribution in [1.29, 1.82) is 0 Å². The molecule has 51 heavy (non-hydrogen) atoms. The Morgan fingerprint density at radius 2 is 1.47 bits per heavy atom. The summed E-state index contributed by atoms with van der Waals surface area (Å²) in [7, 11) is -1.59. The number of nitrogens with one attached hydrogen (secondary N) is 1. The van der Waals surface area contributed by atoms with Crippen molar-refractivity contribution in [2.45, 2.75) is 57.1 Å². The van der Waals surface area contributed by atoms with Gasteiger partial charge in [-0.3, -0.25) is 13.9 Å². The van der Waals surface area contributed by atoms with Gasteiger partial charge in [-0.05, 0) is 81.8 Å². The summed E-state index contributed by atoms with van der Waals surface area (Å²) in [5.41, 5.74) is 0.742. The minimum absolute atomic E-state index is 0.127. The highest BCUT2D eigenvalue weighted by Crippen LogP contribution is 2.34. The molecule has 0 aromatic heterocycles. The molecule has 0 heterocycles. The molecule has 4 aromatic rings. The number of anilines is 1. The zero-order valence-electron chi connectivity index (χ0n) is 29.5. The SMILES string of the molecule is CCOc1ccc(N(CC(=O)N(Cc2c(Cl)cccc2Cl)[C@@H](Cc2ccccc2)C(=O)NC(C)(C)C)S(=O)(=O)c2ccc(OC)c(OC)c2)cc1. The number of sulfonamides is 1. The van der Waals surface area contributed by atoms with Gasteiger partial charge in [-0.15, -0.1) is 0 Å². The van der Waals surface area contributed by atoms with Crippen LogP contribution in [0.25, 0.3) is 0 Å². The molecule has 0 unspecified atom stereocenters. The van der Waals surface area contributed by atoms with Gasteiger partial charge < -0.3 is 24.4 Å². The molecule has 0 fully saturated rings. The van der Waals surface area contributed by atoms with Crippen molar-refractivity contribution in [3.63, 3.8) is 0 Å². The van der Waals surface area contributed by atoms with Gasteiger partial charge in [0.05, 0.1) is 31.4 Å². The summed E-state index contributed by atoms with van der Waals surface area (Å²) < 4.78 is 46.3. The Morgan fingerprint density at radius 3 is 2.04 bits per heavy atom. The van der Waals surface area contributed by atoms with E-state index in [4.69, 9.17) is 37.4 Å². The normalized spacial score (nSPS) is 12.1. The van der Waals surface area contributed by atoms with Crippen LogP contribution in [-0.2, 0) is 32.6 Å². The molecule has 0 aliphatic carbocycles. The van der Waals surface area contributed by atoms with Crippen LogP contribution in [-0.4, -0.2) is 64.1 Å². The summed E-state index contributed by atoms with van der Waals surface area (Å²) in [6, 6.07) is 23.7. The van der Waals surface area contributed by atoms with Gasteiger partial charge in [0.15, 0.2) is 11.5 Å². The maximum absolute atomic E-state index is 14.8. The van der Waals surface area contributed by atoms with Crippen LogP contribution < -0.4 is 23.8 Å². The maximum Gasteiger partial charge on any atom is 0.264 e. The minimum Gasteiger partial charge on any atom is -0.494 e. The molecule has 272 valence electrons. The molecule has 0 radical (unpaired) electrons. The number of amides is 2. The second-order valence-electron chi connectivity index (χ2n) is 12.6. The largest absolute Gasteiger partial charge is 0.494 e. The topological polar surface area (TPSA) is 114 Å². The van der Waals surface area contributed by atoms with E-state index in [9.17, 15) is 18.0 Å². The summed E-state index contributed by atoms with van der Waals surface area (Å²) in [6.07, 6.45) is 0.127. The van der Waals surface area contributed by atoms with Gasteiger partial charge in [0, 0.05) is 40.2 Å². The Hall–Kier alpha value is -4.45. The van der Waals surface area contributed by atoms with E-state index in [1.165, 1.54) is 37.3 Å². The van der Waals surface area contributed by atoms with Crippen LogP contribution >= 0.6 is 23.2 Å². The lowest BCUT2D eigenvalue weighted by Crippen LogP contribution is -2.56. The van der Waals surface area contributed by atoms with Crippen molar-refractivity contribution in [2.24, 2.45) is 0 Å². The predicted molar refractivity (Wildman–Crippen MR) is 201 cm³/mol. The standard InChI is InChI=1S/C38H43Cl2N3O7S/c1-7-50-28-18-16-27(17-19-28)43(51(46,47)29-20-21-34(48-5)35(23-29)49-6)25-36(44)42(24-30-31(39)14-11-15-32(30)40)33(37(45)41-38(2,3)4)22-26-12-9-8-10-13-26/h8-21,23,33H,7,22,24-25H2,1-6H3,(H,41,45)/t33-/m0/s1. The number of halogens is 2. The lowest BCUT2D eigenvalue weighted by atomic mass is 10.0. The molecule has 0 aliphatic heterocycles. The van der Waals surface area contributed by atoms with E-state index in [1.807, 2.05) is 58.0 Å². The van der Waals surface area contributed by atoms with E-state index in [0.717, 1.165) is 9.87 Å². The van der Waals surface area contributed by atoms with Crippen molar-refractivity contribution in [3.05, 3.63) is 112 Å². The van der Waals surface area contributed by atoms with Gasteiger partial charge in [0.25, 0.3) is 10.0 Å². The highest BCUT2D eigenvalue weighted by molar-refractivity contribution is 7.92. The lowest BCUT2D eigenvalue weighted by molar-refractivity contribution is -0.140. The number of ether oxygens (including phenoxy) is 3. The van der Waals surface area contributed by atoms with Gasteiger partial charge in [-0.25, -0.2) is 8.42 Å². The van der Waals surface area contributed by atoms with E-state index in [2.05, 4.69) is 5.32 Å². The summed E-state index contributed by atoms with van der Waals surface area (Å²) in [4.78, 5) is 30.1. The quantitative estimate of drug-likeness (QED) is 0.137. The number of benzene rings is 4. The molecule has 0 bridgehead atoms. The zero-order valence-corrected chi connectivity index (χ0v) is 31.8. The van der Waals surface area contributed by atoms with Crippen molar-refractivity contribution in [1.82, 2.24) is 10.2 Å². The highest BCUT2D eigenvalue weighted by atomic mass is 35.5. The molecule has 1 N–H and O–H groups in total. The third-order valence-corrected chi connectivity index (χ3v) is 10.3. The van der Waals surface area contributed by atoms with Crippen LogP contribution in [0.1, 0.15) is 38.8 Å². The Bertz CT molecular complexity index is 1900. The van der Waals surface area contributed by atoms with E-state index in [-0.39, 0.29) is 39.3 Å². The molecule has 0 saturated carbocycles. The molecule has 1 atom stereocenters. The highest BCUT2D eigenvalue weighted by Gasteiger charge is 2.36. The smallest absolute Gasteiger partial charge is 0.264 e. The minimum atomic E-state index is -4.43. The Labute approximate surface area is 310 Å². The molecule has 4 rings (SSSR count).